The zero-order chi connectivity index (χ0) is 15.4. The maximum absolute atomic E-state index is 9.98. The summed E-state index contributed by atoms with van der Waals surface area (Å²) in [4.78, 5) is 8.55. The number of hydrogen-bond donors (Lipinski definition) is 3. The molecular formula is C14H16N6OS. The second-order valence-electron chi connectivity index (χ2n) is 4.62. The fraction of sp³-hybridized carbons (Fsp3) is 0.214. The molecule has 4 N–H and O–H groups in total. The van der Waals surface area contributed by atoms with Gasteiger partial charge in [-0.2, -0.15) is 14.6 Å². The molecule has 3 rings (SSSR count). The van der Waals surface area contributed by atoms with Gasteiger partial charge in [0.15, 0.2) is 10.8 Å². The number of hydrogen-bond acceptors (Lipinski definition) is 7. The molecule has 2 aromatic heterocycles. The van der Waals surface area contributed by atoms with Crippen LogP contribution in [0.1, 0.15) is 11.1 Å². The van der Waals surface area contributed by atoms with Crippen LogP contribution in [0.15, 0.2) is 41.7 Å². The van der Waals surface area contributed by atoms with Crippen LogP contribution in [0.4, 0.5) is 0 Å². The van der Waals surface area contributed by atoms with E-state index in [0.29, 0.717) is 24.0 Å². The van der Waals surface area contributed by atoms with Crippen LogP contribution in [0, 0.1) is 0 Å². The van der Waals surface area contributed by atoms with E-state index < -0.39 is 0 Å². The van der Waals surface area contributed by atoms with Gasteiger partial charge in [0.05, 0.1) is 6.20 Å². The minimum atomic E-state index is -0.167. The number of nitrogens with two attached hydrogens (primary N) is 1. The molecule has 0 aliphatic heterocycles. The summed E-state index contributed by atoms with van der Waals surface area (Å²) in [6.45, 7) is 0.906. The summed E-state index contributed by atoms with van der Waals surface area (Å²) in [5.74, 6) is 0.737. The van der Waals surface area contributed by atoms with E-state index in [1.165, 1.54) is 21.8 Å². The zero-order valence-corrected chi connectivity index (χ0v) is 12.6. The molecule has 0 fully saturated rings. The number of rotatable bonds is 6. The van der Waals surface area contributed by atoms with E-state index in [9.17, 15) is 5.11 Å². The molecule has 0 saturated heterocycles. The lowest BCUT2D eigenvalue weighted by molar-refractivity contribution is 0.404. The molecule has 0 atom stereocenters. The van der Waals surface area contributed by atoms with Crippen molar-refractivity contribution < 1.29 is 5.11 Å². The number of aromatic hydroxyl groups is 1. The molecule has 114 valence electrons. The largest absolute Gasteiger partial charge is 0.479 e. The summed E-state index contributed by atoms with van der Waals surface area (Å²) in [5.41, 5.74) is 8.06. The Morgan fingerprint density at radius 2 is 2.05 bits per heavy atom. The smallest absolute Gasteiger partial charge is 0.319 e. The highest BCUT2D eigenvalue weighted by Crippen LogP contribution is 2.23. The van der Waals surface area contributed by atoms with Crippen LogP contribution in [0.25, 0.3) is 5.65 Å². The van der Waals surface area contributed by atoms with Gasteiger partial charge in [-0.15, -0.1) is 0 Å². The molecular weight excluding hydrogens is 300 g/mol. The number of thioether (sulfide) groups is 1. The molecule has 7 nitrogen and oxygen atoms in total. The Morgan fingerprint density at radius 3 is 2.82 bits per heavy atom. The Morgan fingerprint density at radius 1 is 1.23 bits per heavy atom. The van der Waals surface area contributed by atoms with Gasteiger partial charge in [0.25, 0.3) is 0 Å². The zero-order valence-electron chi connectivity index (χ0n) is 11.8. The predicted molar refractivity (Wildman–Crippen MR) is 84.3 cm³/mol. The van der Waals surface area contributed by atoms with Crippen LogP contribution in [-0.2, 0) is 12.3 Å². The van der Waals surface area contributed by atoms with Crippen molar-refractivity contribution in [2.24, 2.45) is 5.73 Å². The highest BCUT2D eigenvalue weighted by atomic mass is 32.2. The quantitative estimate of drug-likeness (QED) is 0.463. The van der Waals surface area contributed by atoms with Crippen LogP contribution in [0.2, 0.25) is 0 Å². The SMILES string of the molecule is NCNCc1cnn2c(O)nc(SCc3ccccc3)nc12. The third-order valence-electron chi connectivity index (χ3n) is 3.07. The first-order chi connectivity index (χ1) is 10.8. The van der Waals surface area contributed by atoms with Gasteiger partial charge in [-0.25, -0.2) is 4.98 Å². The molecule has 0 aliphatic rings. The Kier molecular flexibility index (Phi) is 4.52. The van der Waals surface area contributed by atoms with E-state index in [0.717, 1.165) is 11.3 Å². The van der Waals surface area contributed by atoms with Gasteiger partial charge in [0.2, 0.25) is 0 Å². The first-order valence-electron chi connectivity index (χ1n) is 6.79. The lowest BCUT2D eigenvalue weighted by atomic mass is 10.2. The standard InChI is InChI=1S/C14H16N6OS/c15-9-16-6-11-7-17-20-12(11)18-13(19-14(20)21)22-8-10-4-2-1-3-5-10/h1-5,7,16H,6,8-9,15H2,(H,18,19,21). The van der Waals surface area contributed by atoms with Crippen molar-refractivity contribution in [1.29, 1.82) is 0 Å². The molecule has 0 unspecified atom stereocenters. The van der Waals surface area contributed by atoms with Crippen LogP contribution in [0.3, 0.4) is 0 Å². The molecule has 0 radical (unpaired) electrons. The van der Waals surface area contributed by atoms with E-state index in [2.05, 4.69) is 20.4 Å². The molecule has 0 bridgehead atoms. The second-order valence-corrected chi connectivity index (χ2v) is 5.56. The maximum atomic E-state index is 9.98. The van der Waals surface area contributed by atoms with E-state index in [-0.39, 0.29) is 6.01 Å². The topological polar surface area (TPSA) is 101 Å². The molecule has 0 aliphatic carbocycles. The van der Waals surface area contributed by atoms with E-state index in [1.807, 2.05) is 30.3 Å². The predicted octanol–water partition coefficient (Wildman–Crippen LogP) is 1.13. The molecule has 0 saturated carbocycles. The highest BCUT2D eigenvalue weighted by molar-refractivity contribution is 7.98. The summed E-state index contributed by atoms with van der Waals surface area (Å²) in [6, 6.07) is 9.88. The van der Waals surface area contributed by atoms with Gasteiger partial charge in [0, 0.05) is 24.5 Å². The fourth-order valence-electron chi connectivity index (χ4n) is 2.01. The molecule has 0 amide bonds. The van der Waals surface area contributed by atoms with Crippen molar-refractivity contribution in [3.63, 3.8) is 0 Å². The third-order valence-corrected chi connectivity index (χ3v) is 3.99. The van der Waals surface area contributed by atoms with Gasteiger partial charge in [0.1, 0.15) is 0 Å². The van der Waals surface area contributed by atoms with Gasteiger partial charge in [-0.3, -0.25) is 0 Å². The molecule has 1 aromatic carbocycles. The number of nitrogens with one attached hydrogen (secondary N) is 1. The molecule has 8 heteroatoms. The average Bonchev–Trinajstić information content (AvgIpc) is 2.95. The van der Waals surface area contributed by atoms with Gasteiger partial charge in [-0.1, -0.05) is 42.1 Å². The Labute approximate surface area is 131 Å². The highest BCUT2D eigenvalue weighted by Gasteiger charge is 2.12. The number of fused-ring (bicyclic) bond motifs is 1. The summed E-state index contributed by atoms with van der Waals surface area (Å²) < 4.78 is 1.32. The summed E-state index contributed by atoms with van der Waals surface area (Å²) >= 11 is 1.47. The average molecular weight is 316 g/mol. The van der Waals surface area contributed by atoms with Crippen molar-refractivity contribution in [3.8, 4) is 6.01 Å². The summed E-state index contributed by atoms with van der Waals surface area (Å²) in [5, 5.41) is 17.6. The number of nitrogens with zero attached hydrogens (tertiary/aromatic N) is 4. The van der Waals surface area contributed by atoms with Crippen LogP contribution < -0.4 is 11.1 Å². The maximum Gasteiger partial charge on any atom is 0.319 e. The second kappa shape index (κ2) is 6.73. The minimum absolute atomic E-state index is 0.167. The normalized spacial score (nSPS) is 11.1. The van der Waals surface area contributed by atoms with Crippen LogP contribution >= 0.6 is 11.8 Å². The van der Waals surface area contributed by atoms with Crippen molar-refractivity contribution in [2.75, 3.05) is 6.67 Å². The minimum Gasteiger partial charge on any atom is -0.479 e. The third kappa shape index (κ3) is 3.19. The Bertz CT molecular complexity index is 761. The van der Waals surface area contributed by atoms with E-state index in [4.69, 9.17) is 5.73 Å². The molecule has 2 heterocycles. The first-order valence-corrected chi connectivity index (χ1v) is 7.77. The monoisotopic (exact) mass is 316 g/mol. The number of benzene rings is 1. The van der Waals surface area contributed by atoms with Gasteiger partial charge < -0.3 is 16.2 Å². The fourth-order valence-corrected chi connectivity index (χ4v) is 2.79. The van der Waals surface area contributed by atoms with E-state index in [1.54, 1.807) is 6.20 Å². The first kappa shape index (κ1) is 14.8. The molecule has 0 spiro atoms. The Hall–Kier alpha value is -2.16. The number of aromatic nitrogens is 4. The van der Waals surface area contributed by atoms with Gasteiger partial charge >= 0.3 is 6.01 Å². The molecule has 3 aromatic rings. The van der Waals surface area contributed by atoms with Crippen molar-refractivity contribution in [1.82, 2.24) is 24.9 Å². The Balaban J connectivity index is 1.83. The van der Waals surface area contributed by atoms with E-state index >= 15 is 0 Å². The lowest BCUT2D eigenvalue weighted by Crippen LogP contribution is -2.21. The van der Waals surface area contributed by atoms with Gasteiger partial charge in [-0.05, 0) is 5.56 Å². The van der Waals surface area contributed by atoms with Crippen molar-refractivity contribution in [2.45, 2.75) is 17.5 Å². The lowest BCUT2D eigenvalue weighted by Gasteiger charge is -2.04. The van der Waals surface area contributed by atoms with Crippen LogP contribution in [0.5, 0.6) is 6.01 Å². The van der Waals surface area contributed by atoms with Crippen LogP contribution in [-0.4, -0.2) is 31.4 Å². The molecule has 22 heavy (non-hydrogen) atoms. The van der Waals surface area contributed by atoms with Crippen molar-refractivity contribution >= 4 is 17.4 Å². The summed E-state index contributed by atoms with van der Waals surface area (Å²) in [6.07, 6.45) is 1.65. The van der Waals surface area contributed by atoms with Crippen molar-refractivity contribution in [3.05, 3.63) is 47.7 Å². The summed E-state index contributed by atoms with van der Waals surface area (Å²) in [7, 11) is 0.